The van der Waals surface area contributed by atoms with Gasteiger partial charge in [-0.25, -0.2) is 0 Å². The standard InChI is InChI=1S/C60H45N/c1-2-13-40(14-3-1)41-25-27-42(28-26-41)43-29-32-46(33-30-43)61(59-38-37-54(51-20-10-11-23-55(51)59)50-24-12-17-44-15-4-6-18-48(44)50)47-34-36-57-58(39-47)53-22-9-8-21-52(53)56-35-31-45-16-5-7-19-49(45)60(56)57/h1-7,9-20,22-30,32-34,36-39,45,56H,8,21,31,35H2. The molecule has 1 heteroatoms. The smallest absolute Gasteiger partial charge is 0.0540 e. The summed E-state index contributed by atoms with van der Waals surface area (Å²) in [5, 5.41) is 5.00. The van der Waals surface area contributed by atoms with Crippen LogP contribution in [0.1, 0.15) is 36.8 Å². The van der Waals surface area contributed by atoms with E-state index in [1.54, 1.807) is 11.1 Å². The number of hydrogen-bond acceptors (Lipinski definition) is 1. The molecule has 0 fully saturated rings. The summed E-state index contributed by atoms with van der Waals surface area (Å²) in [4.78, 5) is 2.50. The summed E-state index contributed by atoms with van der Waals surface area (Å²) < 4.78 is 0. The molecule has 8 aromatic rings. The van der Waals surface area contributed by atoms with Gasteiger partial charge in [-0.1, -0.05) is 188 Å². The Bertz CT molecular complexity index is 3170. The maximum atomic E-state index is 2.50. The van der Waals surface area contributed by atoms with E-state index in [1.807, 2.05) is 0 Å². The molecule has 0 saturated heterocycles. The zero-order chi connectivity index (χ0) is 40.3. The number of hydrogen-bond donors (Lipinski definition) is 0. The lowest BCUT2D eigenvalue weighted by Gasteiger charge is -2.41. The van der Waals surface area contributed by atoms with E-state index in [2.05, 4.69) is 217 Å². The largest absolute Gasteiger partial charge is 0.310 e. The molecule has 0 amide bonds. The van der Waals surface area contributed by atoms with Crippen LogP contribution in [0.2, 0.25) is 0 Å². The first-order valence-electron chi connectivity index (χ1n) is 22.0. The van der Waals surface area contributed by atoms with Gasteiger partial charge in [0.1, 0.15) is 0 Å². The Hall–Kier alpha value is -7.22. The molecule has 0 saturated carbocycles. The van der Waals surface area contributed by atoms with Crippen LogP contribution in [0.25, 0.3) is 66.1 Å². The van der Waals surface area contributed by atoms with Gasteiger partial charge in [-0.05, 0) is 133 Å². The predicted octanol–water partition coefficient (Wildman–Crippen LogP) is 16.5. The second-order valence-electron chi connectivity index (χ2n) is 17.0. The number of rotatable bonds is 6. The number of fused-ring (bicyclic) bond motifs is 8. The Morgan fingerprint density at radius 3 is 1.93 bits per heavy atom. The van der Waals surface area contributed by atoms with Crippen LogP contribution in [0.15, 0.2) is 224 Å². The van der Waals surface area contributed by atoms with Crippen molar-refractivity contribution in [3.05, 3.63) is 235 Å². The van der Waals surface area contributed by atoms with Gasteiger partial charge in [0.15, 0.2) is 0 Å². The van der Waals surface area contributed by atoms with Gasteiger partial charge >= 0.3 is 0 Å². The van der Waals surface area contributed by atoms with Crippen LogP contribution in [0.5, 0.6) is 0 Å². The zero-order valence-corrected chi connectivity index (χ0v) is 34.1. The first kappa shape index (κ1) is 35.7. The van der Waals surface area contributed by atoms with Gasteiger partial charge in [0.2, 0.25) is 0 Å². The summed E-state index contributed by atoms with van der Waals surface area (Å²) in [5.74, 6) is 0.998. The average molecular weight is 780 g/mol. The molecule has 0 bridgehead atoms. The quantitative estimate of drug-likeness (QED) is 0.162. The van der Waals surface area contributed by atoms with E-state index in [9.17, 15) is 0 Å². The lowest BCUT2D eigenvalue weighted by atomic mass is 9.64. The monoisotopic (exact) mass is 779 g/mol. The van der Waals surface area contributed by atoms with Crippen molar-refractivity contribution < 1.29 is 0 Å². The number of anilines is 3. The van der Waals surface area contributed by atoms with Crippen molar-refractivity contribution in [2.45, 2.75) is 25.7 Å². The molecule has 0 heterocycles. The molecule has 0 aromatic heterocycles. The van der Waals surface area contributed by atoms with Gasteiger partial charge in [-0.15, -0.1) is 0 Å². The highest BCUT2D eigenvalue weighted by Crippen LogP contribution is 2.55. The van der Waals surface area contributed by atoms with Gasteiger partial charge < -0.3 is 4.90 Å². The van der Waals surface area contributed by atoms with Gasteiger partial charge in [0.05, 0.1) is 5.69 Å². The molecule has 1 nitrogen and oxygen atoms in total. The summed E-state index contributed by atoms with van der Waals surface area (Å²) in [5.41, 5.74) is 19.8. The van der Waals surface area contributed by atoms with Crippen molar-refractivity contribution in [2.24, 2.45) is 11.8 Å². The highest BCUT2D eigenvalue weighted by Gasteiger charge is 2.37. The van der Waals surface area contributed by atoms with E-state index in [1.165, 1.54) is 101 Å². The van der Waals surface area contributed by atoms with Gasteiger partial charge in [0, 0.05) is 28.6 Å². The van der Waals surface area contributed by atoms with Gasteiger partial charge in [0.25, 0.3) is 0 Å². The topological polar surface area (TPSA) is 3.24 Å². The third kappa shape index (κ3) is 6.07. The fraction of sp³-hybridized carbons (Fsp3) is 0.100. The SMILES string of the molecule is C1=CC2=C3c4ccc(N(c5ccc(-c6ccc(-c7ccccc7)cc6)cc5)c5ccc(-c6cccc7ccccc67)c6ccccc56)cc4C4=C(CCC=C4)C3CCC2C=C1. The molecule has 290 valence electrons. The molecule has 8 aromatic carbocycles. The second-order valence-corrected chi connectivity index (χ2v) is 17.0. The minimum atomic E-state index is 0.497. The highest BCUT2D eigenvalue weighted by molar-refractivity contribution is 6.10. The van der Waals surface area contributed by atoms with Crippen LogP contribution in [0, 0.1) is 11.8 Å². The maximum absolute atomic E-state index is 2.50. The summed E-state index contributed by atoms with van der Waals surface area (Å²) in [6, 6.07) is 65.2. The Morgan fingerprint density at radius 2 is 1.11 bits per heavy atom. The zero-order valence-electron chi connectivity index (χ0n) is 34.1. The van der Waals surface area contributed by atoms with E-state index < -0.39 is 0 Å². The van der Waals surface area contributed by atoms with E-state index in [0.29, 0.717) is 11.8 Å². The van der Waals surface area contributed by atoms with Gasteiger partial charge in [-0.2, -0.15) is 0 Å². The Labute approximate surface area is 358 Å². The molecule has 61 heavy (non-hydrogen) atoms. The molecule has 0 aliphatic heterocycles. The molecular formula is C60H45N. The van der Waals surface area contributed by atoms with Crippen molar-refractivity contribution in [3.63, 3.8) is 0 Å². The van der Waals surface area contributed by atoms with E-state index in [0.717, 1.165) is 18.5 Å². The normalized spacial score (nSPS) is 17.6. The summed E-state index contributed by atoms with van der Waals surface area (Å²) in [6.45, 7) is 0. The van der Waals surface area contributed by atoms with Crippen LogP contribution in [-0.4, -0.2) is 0 Å². The molecule has 12 rings (SSSR count). The number of nitrogens with zero attached hydrogens (tertiary/aromatic N) is 1. The van der Waals surface area contributed by atoms with Crippen molar-refractivity contribution in [2.75, 3.05) is 4.90 Å². The Kier molecular flexibility index (Phi) is 8.66. The lowest BCUT2D eigenvalue weighted by molar-refractivity contribution is 0.531. The molecule has 2 unspecified atom stereocenters. The fourth-order valence-electron chi connectivity index (χ4n) is 10.8. The van der Waals surface area contributed by atoms with Crippen LogP contribution in [-0.2, 0) is 0 Å². The number of benzene rings is 8. The molecule has 0 radical (unpaired) electrons. The Balaban J connectivity index is 1.03. The van der Waals surface area contributed by atoms with Crippen LogP contribution < -0.4 is 4.90 Å². The van der Waals surface area contributed by atoms with Crippen LogP contribution >= 0.6 is 0 Å². The van der Waals surface area contributed by atoms with Crippen LogP contribution in [0.4, 0.5) is 17.1 Å². The van der Waals surface area contributed by atoms with Crippen molar-refractivity contribution in [3.8, 4) is 33.4 Å². The third-order valence-electron chi connectivity index (χ3n) is 13.7. The lowest BCUT2D eigenvalue weighted by Crippen LogP contribution is -2.25. The average Bonchev–Trinajstić information content (AvgIpc) is 3.34. The summed E-state index contributed by atoms with van der Waals surface area (Å²) >= 11 is 0. The number of allylic oxidation sites excluding steroid dienone is 10. The summed E-state index contributed by atoms with van der Waals surface area (Å²) in [6.07, 6.45) is 18.8. The third-order valence-corrected chi connectivity index (χ3v) is 13.7. The maximum Gasteiger partial charge on any atom is 0.0540 e. The minimum absolute atomic E-state index is 0.497. The van der Waals surface area contributed by atoms with Crippen molar-refractivity contribution in [1.82, 2.24) is 0 Å². The van der Waals surface area contributed by atoms with Gasteiger partial charge in [-0.3, -0.25) is 0 Å². The molecule has 2 atom stereocenters. The molecular weight excluding hydrogens is 735 g/mol. The van der Waals surface area contributed by atoms with Crippen molar-refractivity contribution >= 4 is 49.8 Å². The van der Waals surface area contributed by atoms with E-state index in [-0.39, 0.29) is 0 Å². The minimum Gasteiger partial charge on any atom is -0.310 e. The molecule has 0 N–H and O–H groups in total. The highest BCUT2D eigenvalue weighted by atomic mass is 15.1. The first-order chi connectivity index (χ1) is 30.3. The first-order valence-corrected chi connectivity index (χ1v) is 22.0. The second kappa shape index (κ2) is 14.8. The fourth-order valence-corrected chi connectivity index (χ4v) is 10.8. The molecule has 0 spiro atoms. The summed E-state index contributed by atoms with van der Waals surface area (Å²) in [7, 11) is 0. The Morgan fingerprint density at radius 1 is 0.459 bits per heavy atom. The van der Waals surface area contributed by atoms with E-state index in [4.69, 9.17) is 0 Å². The molecule has 4 aliphatic carbocycles. The van der Waals surface area contributed by atoms with Crippen LogP contribution in [0.3, 0.4) is 0 Å². The molecule has 4 aliphatic rings. The predicted molar refractivity (Wildman–Crippen MR) is 259 cm³/mol. The van der Waals surface area contributed by atoms with E-state index >= 15 is 0 Å². The van der Waals surface area contributed by atoms with Crippen molar-refractivity contribution in [1.29, 1.82) is 0 Å².